The third-order valence-electron chi connectivity index (χ3n) is 2.72. The molecular formula is C19H40O10. The number of hydrogen-bond donors (Lipinski definition) is 5. The standard InChI is InChI=1S/C9H20O3.C6H14O3.C4H6O4/c1-7(2)11-6-9(4)12-5-8(3)10;1-5(8)4-9-6(2)3-7;5-3(6)1-2-4(7)8/h7-10H,5-6H2,1-4H3;5-8H,3-4H2,1-2H3;1-2H2,(H,5,6)(H,7,8). The largest absolute Gasteiger partial charge is 0.481 e. The summed E-state index contributed by atoms with van der Waals surface area (Å²) in [6.45, 7) is 12.3. The lowest BCUT2D eigenvalue weighted by Crippen LogP contribution is -2.22. The van der Waals surface area contributed by atoms with Gasteiger partial charge in [0.15, 0.2) is 0 Å². The van der Waals surface area contributed by atoms with E-state index in [-0.39, 0.29) is 37.8 Å². The van der Waals surface area contributed by atoms with Crippen LogP contribution in [0.1, 0.15) is 54.4 Å². The highest BCUT2D eigenvalue weighted by molar-refractivity contribution is 5.75. The fraction of sp³-hybridized carbons (Fsp3) is 0.895. The SMILES string of the molecule is CC(O)COC(C)CO.CC(O)COC(C)COC(C)C.O=C(O)CCC(=O)O. The molecule has 0 radical (unpaired) electrons. The Morgan fingerprint density at radius 2 is 1.07 bits per heavy atom. The van der Waals surface area contributed by atoms with Crippen molar-refractivity contribution in [2.45, 2.75) is 84.9 Å². The molecule has 0 aliphatic rings. The summed E-state index contributed by atoms with van der Waals surface area (Å²) in [7, 11) is 0. The van der Waals surface area contributed by atoms with Crippen LogP contribution in [0.4, 0.5) is 0 Å². The summed E-state index contributed by atoms with van der Waals surface area (Å²) in [4.78, 5) is 19.3. The molecule has 0 fully saturated rings. The van der Waals surface area contributed by atoms with Gasteiger partial charge in [-0.2, -0.15) is 0 Å². The first-order valence-electron chi connectivity index (χ1n) is 9.57. The van der Waals surface area contributed by atoms with E-state index in [2.05, 4.69) is 0 Å². The van der Waals surface area contributed by atoms with Gasteiger partial charge in [-0.1, -0.05) is 0 Å². The van der Waals surface area contributed by atoms with Crippen LogP contribution in [0.3, 0.4) is 0 Å². The number of aliphatic hydroxyl groups excluding tert-OH is 3. The molecule has 29 heavy (non-hydrogen) atoms. The zero-order valence-electron chi connectivity index (χ0n) is 18.4. The number of aliphatic hydroxyl groups is 3. The van der Waals surface area contributed by atoms with Crippen LogP contribution in [0.15, 0.2) is 0 Å². The molecule has 0 aliphatic heterocycles. The maximum atomic E-state index is 9.64. The Morgan fingerprint density at radius 3 is 1.34 bits per heavy atom. The van der Waals surface area contributed by atoms with Crippen molar-refractivity contribution >= 4 is 11.9 Å². The summed E-state index contributed by atoms with van der Waals surface area (Å²) >= 11 is 0. The average Bonchev–Trinajstić information content (AvgIpc) is 2.61. The third kappa shape index (κ3) is 38.0. The Labute approximate surface area is 173 Å². The van der Waals surface area contributed by atoms with Crippen molar-refractivity contribution in [3.63, 3.8) is 0 Å². The minimum atomic E-state index is -1.08. The van der Waals surface area contributed by atoms with Gasteiger partial charge in [0.2, 0.25) is 0 Å². The van der Waals surface area contributed by atoms with E-state index in [0.29, 0.717) is 19.8 Å². The molecule has 0 aromatic rings. The van der Waals surface area contributed by atoms with Crippen molar-refractivity contribution in [3.05, 3.63) is 0 Å². The predicted octanol–water partition coefficient (Wildman–Crippen LogP) is 0.898. The molecule has 0 spiro atoms. The Balaban J connectivity index is -0.000000359. The van der Waals surface area contributed by atoms with Gasteiger partial charge in [0, 0.05) is 0 Å². The number of ether oxygens (including phenoxy) is 3. The smallest absolute Gasteiger partial charge is 0.303 e. The van der Waals surface area contributed by atoms with Crippen LogP contribution >= 0.6 is 0 Å². The van der Waals surface area contributed by atoms with Gasteiger partial charge in [-0.05, 0) is 41.5 Å². The van der Waals surface area contributed by atoms with Crippen molar-refractivity contribution < 1.29 is 49.3 Å². The van der Waals surface area contributed by atoms with Crippen molar-refractivity contribution in [2.75, 3.05) is 26.4 Å². The first-order valence-corrected chi connectivity index (χ1v) is 9.57. The summed E-state index contributed by atoms with van der Waals surface area (Å²) in [5, 5.41) is 41.8. The minimum Gasteiger partial charge on any atom is -0.481 e. The minimum absolute atomic E-state index is 0.00667. The highest BCUT2D eigenvalue weighted by atomic mass is 16.5. The summed E-state index contributed by atoms with van der Waals surface area (Å²) < 4.78 is 15.6. The zero-order chi connectivity index (χ0) is 23.4. The Morgan fingerprint density at radius 1 is 0.690 bits per heavy atom. The van der Waals surface area contributed by atoms with E-state index in [0.717, 1.165) is 0 Å². The molecule has 0 saturated carbocycles. The number of aliphatic carboxylic acids is 2. The Hall–Kier alpha value is -1.30. The van der Waals surface area contributed by atoms with Gasteiger partial charge in [-0.3, -0.25) is 9.59 Å². The molecule has 176 valence electrons. The molecule has 0 aliphatic carbocycles. The molecule has 4 atom stereocenters. The molecule has 0 bridgehead atoms. The van der Waals surface area contributed by atoms with Crippen LogP contribution in [-0.4, -0.2) is 94.4 Å². The number of carbonyl (C=O) groups is 2. The number of carboxylic acid groups (broad SMARTS) is 2. The third-order valence-corrected chi connectivity index (χ3v) is 2.72. The molecule has 0 rings (SSSR count). The molecule has 0 amide bonds. The Bertz CT molecular complexity index is 359. The summed E-state index contributed by atoms with van der Waals surface area (Å²) in [5.41, 5.74) is 0. The lowest BCUT2D eigenvalue weighted by molar-refractivity contribution is -0.143. The van der Waals surface area contributed by atoms with E-state index in [4.69, 9.17) is 39.7 Å². The van der Waals surface area contributed by atoms with E-state index in [1.165, 1.54) is 0 Å². The molecule has 10 nitrogen and oxygen atoms in total. The second-order valence-corrected chi connectivity index (χ2v) is 6.84. The van der Waals surface area contributed by atoms with E-state index in [1.54, 1.807) is 20.8 Å². The molecule has 4 unspecified atom stereocenters. The molecule has 10 heteroatoms. The topological polar surface area (TPSA) is 163 Å². The van der Waals surface area contributed by atoms with E-state index < -0.39 is 24.1 Å². The highest BCUT2D eigenvalue weighted by Gasteiger charge is 2.05. The molecule has 5 N–H and O–H groups in total. The van der Waals surface area contributed by atoms with Gasteiger partial charge in [0.1, 0.15) is 0 Å². The van der Waals surface area contributed by atoms with Crippen molar-refractivity contribution in [1.82, 2.24) is 0 Å². The van der Waals surface area contributed by atoms with Gasteiger partial charge < -0.3 is 39.7 Å². The number of hydrogen-bond acceptors (Lipinski definition) is 8. The summed E-state index contributed by atoms with van der Waals surface area (Å²) in [5.74, 6) is -2.15. The zero-order valence-corrected chi connectivity index (χ0v) is 18.4. The second-order valence-electron chi connectivity index (χ2n) is 6.84. The van der Waals surface area contributed by atoms with Crippen LogP contribution in [0.2, 0.25) is 0 Å². The van der Waals surface area contributed by atoms with Crippen molar-refractivity contribution in [3.8, 4) is 0 Å². The molecule has 0 saturated heterocycles. The van der Waals surface area contributed by atoms with E-state index in [1.807, 2.05) is 20.8 Å². The number of rotatable bonds is 13. The fourth-order valence-electron chi connectivity index (χ4n) is 1.25. The van der Waals surface area contributed by atoms with Crippen LogP contribution in [-0.2, 0) is 23.8 Å². The van der Waals surface area contributed by atoms with Gasteiger partial charge in [0.05, 0.1) is 69.8 Å². The van der Waals surface area contributed by atoms with Crippen LogP contribution in [0.25, 0.3) is 0 Å². The van der Waals surface area contributed by atoms with Crippen LogP contribution in [0.5, 0.6) is 0 Å². The molecule has 0 aromatic carbocycles. The molecule has 0 heterocycles. The van der Waals surface area contributed by atoms with Gasteiger partial charge in [-0.15, -0.1) is 0 Å². The number of carboxylic acids is 2. The Kier molecular flexibility index (Phi) is 23.9. The van der Waals surface area contributed by atoms with E-state index >= 15 is 0 Å². The predicted molar refractivity (Wildman–Crippen MR) is 107 cm³/mol. The maximum Gasteiger partial charge on any atom is 0.303 e. The first kappa shape index (κ1) is 32.4. The fourth-order valence-corrected chi connectivity index (χ4v) is 1.25. The van der Waals surface area contributed by atoms with E-state index in [9.17, 15) is 9.59 Å². The quantitative estimate of drug-likeness (QED) is 0.285. The van der Waals surface area contributed by atoms with Gasteiger partial charge >= 0.3 is 11.9 Å². The summed E-state index contributed by atoms with van der Waals surface area (Å²) in [6.07, 6.45) is -1.31. The monoisotopic (exact) mass is 428 g/mol. The highest BCUT2D eigenvalue weighted by Crippen LogP contribution is 1.97. The lowest BCUT2D eigenvalue weighted by atomic mass is 10.3. The second kappa shape index (κ2) is 21.4. The van der Waals surface area contributed by atoms with Crippen molar-refractivity contribution in [1.29, 1.82) is 0 Å². The maximum absolute atomic E-state index is 9.64. The molecule has 0 aromatic heterocycles. The molecular weight excluding hydrogens is 388 g/mol. The lowest BCUT2D eigenvalue weighted by Gasteiger charge is -2.15. The van der Waals surface area contributed by atoms with Gasteiger partial charge in [-0.25, -0.2) is 0 Å². The normalized spacial score (nSPS) is 14.6. The van der Waals surface area contributed by atoms with Crippen LogP contribution < -0.4 is 0 Å². The van der Waals surface area contributed by atoms with Gasteiger partial charge in [0.25, 0.3) is 0 Å². The average molecular weight is 429 g/mol. The van der Waals surface area contributed by atoms with Crippen molar-refractivity contribution in [2.24, 2.45) is 0 Å². The first-order chi connectivity index (χ1) is 13.3. The van der Waals surface area contributed by atoms with Crippen LogP contribution in [0, 0.1) is 0 Å². The summed E-state index contributed by atoms with van der Waals surface area (Å²) in [6, 6.07) is 0.